The maximum Gasteiger partial charge on any atom is 0.341 e. The van der Waals surface area contributed by atoms with Crippen LogP contribution in [0.2, 0.25) is 0 Å². The topological polar surface area (TPSA) is 86.1 Å². The highest BCUT2D eigenvalue weighted by Gasteiger charge is 2.20. The van der Waals surface area contributed by atoms with Crippen LogP contribution in [-0.2, 0) is 22.5 Å². The van der Waals surface area contributed by atoms with Gasteiger partial charge in [-0.25, -0.2) is 4.79 Å². The molecule has 0 atom stereocenters. The maximum atomic E-state index is 12.4. The summed E-state index contributed by atoms with van der Waals surface area (Å²) in [6.07, 6.45) is 0.791. The van der Waals surface area contributed by atoms with Crippen LogP contribution in [0.3, 0.4) is 0 Å². The van der Waals surface area contributed by atoms with Crippen LogP contribution >= 0.6 is 23.1 Å². The summed E-state index contributed by atoms with van der Waals surface area (Å²) < 4.78 is 7.10. The molecule has 0 aliphatic rings. The van der Waals surface area contributed by atoms with Gasteiger partial charge in [0.1, 0.15) is 10.8 Å². The van der Waals surface area contributed by atoms with Gasteiger partial charge in [-0.05, 0) is 26.3 Å². The van der Waals surface area contributed by atoms with Crippen molar-refractivity contribution < 1.29 is 14.3 Å². The van der Waals surface area contributed by atoms with Crippen LogP contribution < -0.4 is 5.32 Å². The first kappa shape index (κ1) is 21.4. The molecule has 0 unspecified atom stereocenters. The minimum atomic E-state index is -0.413. The first-order valence-electron chi connectivity index (χ1n) is 9.06. The monoisotopic (exact) mass is 410 g/mol. The lowest BCUT2D eigenvalue weighted by Crippen LogP contribution is -2.16. The number of hydrogen-bond acceptors (Lipinski definition) is 7. The van der Waals surface area contributed by atoms with E-state index in [0.717, 1.165) is 28.8 Å². The Morgan fingerprint density at radius 3 is 2.63 bits per heavy atom. The number of aryl methyl sites for hydroxylation is 1. The Hall–Kier alpha value is -1.87. The summed E-state index contributed by atoms with van der Waals surface area (Å²) in [6, 6.07) is 1.79. The summed E-state index contributed by atoms with van der Waals surface area (Å²) in [6.45, 7) is 11.0. The molecule has 0 aliphatic heterocycles. The Bertz CT molecular complexity index is 799. The van der Waals surface area contributed by atoms with Gasteiger partial charge < -0.3 is 14.6 Å². The Balaban J connectivity index is 2.06. The molecule has 0 saturated heterocycles. The van der Waals surface area contributed by atoms with E-state index < -0.39 is 5.97 Å². The molecule has 0 aliphatic carbocycles. The lowest BCUT2D eigenvalue weighted by molar-refractivity contribution is -0.113. The number of thiophene rings is 1. The van der Waals surface area contributed by atoms with Crippen LogP contribution in [0, 0.1) is 0 Å². The largest absolute Gasteiger partial charge is 0.462 e. The third-order valence-electron chi connectivity index (χ3n) is 3.79. The minimum absolute atomic E-state index is 0.188. The number of carbonyl (C=O) groups excluding carboxylic acids is 2. The quantitative estimate of drug-likeness (QED) is 0.497. The predicted molar refractivity (Wildman–Crippen MR) is 109 cm³/mol. The average Bonchev–Trinajstić information content (AvgIpc) is 3.23. The van der Waals surface area contributed by atoms with Crippen molar-refractivity contribution in [3.63, 3.8) is 0 Å². The molecule has 1 amide bonds. The number of esters is 1. The Kier molecular flexibility index (Phi) is 7.85. The number of anilines is 1. The van der Waals surface area contributed by atoms with Gasteiger partial charge in [-0.3, -0.25) is 4.79 Å². The van der Waals surface area contributed by atoms with Crippen LogP contribution in [-0.4, -0.2) is 39.0 Å². The molecule has 0 saturated carbocycles. The zero-order chi connectivity index (χ0) is 20.0. The average molecular weight is 411 g/mol. The minimum Gasteiger partial charge on any atom is -0.462 e. The first-order valence-corrected chi connectivity index (χ1v) is 10.9. The van der Waals surface area contributed by atoms with Crippen LogP contribution in [0.5, 0.6) is 0 Å². The summed E-state index contributed by atoms with van der Waals surface area (Å²) in [5.41, 5.74) is 0.413. The fourth-order valence-electron chi connectivity index (χ4n) is 2.49. The van der Waals surface area contributed by atoms with Gasteiger partial charge in [-0.1, -0.05) is 32.5 Å². The summed E-state index contributed by atoms with van der Waals surface area (Å²) in [5.74, 6) is 0.774. The third kappa shape index (κ3) is 5.32. The smallest absolute Gasteiger partial charge is 0.341 e. The molecule has 0 aromatic carbocycles. The van der Waals surface area contributed by atoms with Gasteiger partial charge in [0.2, 0.25) is 5.91 Å². The number of nitrogens with zero attached hydrogens (tertiary/aromatic N) is 3. The molecule has 1 N–H and O–H groups in total. The molecule has 7 nitrogen and oxygen atoms in total. The Morgan fingerprint density at radius 1 is 1.30 bits per heavy atom. The Morgan fingerprint density at radius 2 is 2.04 bits per heavy atom. The summed E-state index contributed by atoms with van der Waals surface area (Å²) >= 11 is 2.74. The highest BCUT2D eigenvalue weighted by molar-refractivity contribution is 7.99. The van der Waals surface area contributed by atoms with Crippen LogP contribution in [0.25, 0.3) is 0 Å². The number of ether oxygens (including phenoxy) is 1. The van der Waals surface area contributed by atoms with Crippen molar-refractivity contribution in [1.82, 2.24) is 14.8 Å². The summed E-state index contributed by atoms with van der Waals surface area (Å²) in [5, 5.41) is 12.5. The molecular weight excluding hydrogens is 384 g/mol. The number of rotatable bonds is 9. The second-order valence-electron chi connectivity index (χ2n) is 6.11. The molecule has 9 heteroatoms. The van der Waals surface area contributed by atoms with Crippen molar-refractivity contribution in [2.24, 2.45) is 0 Å². The molecule has 2 aromatic heterocycles. The zero-order valence-corrected chi connectivity index (χ0v) is 18.0. The van der Waals surface area contributed by atoms with E-state index in [-0.39, 0.29) is 17.6 Å². The molecule has 2 aromatic rings. The predicted octanol–water partition coefficient (Wildman–Crippen LogP) is 3.95. The molecule has 2 heterocycles. The normalized spacial score (nSPS) is 11.0. The zero-order valence-electron chi connectivity index (χ0n) is 16.4. The van der Waals surface area contributed by atoms with Crippen LogP contribution in [0.15, 0.2) is 11.2 Å². The number of amides is 1. The molecule has 0 fully saturated rings. The summed E-state index contributed by atoms with van der Waals surface area (Å²) in [7, 11) is 0. The molecule has 2 rings (SSSR count). The van der Waals surface area contributed by atoms with Gasteiger partial charge >= 0.3 is 5.97 Å². The van der Waals surface area contributed by atoms with Crippen LogP contribution in [0.1, 0.15) is 61.6 Å². The van der Waals surface area contributed by atoms with Crippen molar-refractivity contribution >= 4 is 40.0 Å². The van der Waals surface area contributed by atoms with Gasteiger partial charge in [0.15, 0.2) is 5.16 Å². The maximum absolute atomic E-state index is 12.4. The van der Waals surface area contributed by atoms with Gasteiger partial charge in [-0.2, -0.15) is 0 Å². The number of nitrogens with one attached hydrogen (secondary N) is 1. The molecule has 148 valence electrons. The van der Waals surface area contributed by atoms with E-state index in [4.69, 9.17) is 4.74 Å². The van der Waals surface area contributed by atoms with E-state index in [1.165, 1.54) is 23.1 Å². The van der Waals surface area contributed by atoms with Gasteiger partial charge in [0.05, 0.1) is 17.9 Å². The van der Waals surface area contributed by atoms with E-state index in [1.807, 2.05) is 18.4 Å². The van der Waals surface area contributed by atoms with E-state index in [1.54, 1.807) is 13.0 Å². The van der Waals surface area contributed by atoms with Crippen molar-refractivity contribution in [1.29, 1.82) is 0 Å². The lowest BCUT2D eigenvalue weighted by atomic mass is 10.2. The third-order valence-corrected chi connectivity index (χ3v) is 5.95. The standard InChI is InChI=1S/C18H26N4O3S2/c1-6-12-9-13(17(24)25-8-3)16(27-12)19-14(23)10-26-18-21-20-15(11(4)5)22(18)7-2/h9,11H,6-8,10H2,1-5H3,(H,19,23). The molecule has 27 heavy (non-hydrogen) atoms. The SMILES string of the molecule is CCOC(=O)c1cc(CC)sc1NC(=O)CSc1nnc(C(C)C)n1CC. The van der Waals surface area contributed by atoms with Crippen molar-refractivity contribution in [3.8, 4) is 0 Å². The number of carbonyl (C=O) groups is 2. The number of thioether (sulfide) groups is 1. The second-order valence-corrected chi connectivity index (χ2v) is 8.19. The molecule has 0 bridgehead atoms. The van der Waals surface area contributed by atoms with Gasteiger partial charge in [0.25, 0.3) is 0 Å². The van der Waals surface area contributed by atoms with E-state index in [9.17, 15) is 9.59 Å². The van der Waals surface area contributed by atoms with Crippen LogP contribution in [0.4, 0.5) is 5.00 Å². The number of aromatic nitrogens is 3. The van der Waals surface area contributed by atoms with Crippen molar-refractivity contribution in [2.45, 2.75) is 58.7 Å². The van der Waals surface area contributed by atoms with Gasteiger partial charge in [0, 0.05) is 17.3 Å². The molecule has 0 spiro atoms. The fraction of sp³-hybridized carbons (Fsp3) is 0.556. The van der Waals surface area contributed by atoms with E-state index in [0.29, 0.717) is 17.2 Å². The van der Waals surface area contributed by atoms with Gasteiger partial charge in [-0.15, -0.1) is 21.5 Å². The second kappa shape index (κ2) is 9.89. The first-order chi connectivity index (χ1) is 12.9. The number of hydrogen-bond donors (Lipinski definition) is 1. The molecule has 0 radical (unpaired) electrons. The Labute approximate surface area is 167 Å². The highest BCUT2D eigenvalue weighted by Crippen LogP contribution is 2.30. The lowest BCUT2D eigenvalue weighted by Gasteiger charge is -2.09. The molecular formula is C18H26N4O3S2. The van der Waals surface area contributed by atoms with Crippen molar-refractivity contribution in [2.75, 3.05) is 17.7 Å². The highest BCUT2D eigenvalue weighted by atomic mass is 32.2. The van der Waals surface area contributed by atoms with E-state index in [2.05, 4.69) is 29.4 Å². The van der Waals surface area contributed by atoms with Crippen molar-refractivity contribution in [3.05, 3.63) is 22.3 Å². The summed E-state index contributed by atoms with van der Waals surface area (Å²) in [4.78, 5) is 25.6. The van der Waals surface area contributed by atoms with E-state index >= 15 is 0 Å². The fourth-order valence-corrected chi connectivity index (χ4v) is 4.30.